The first-order chi connectivity index (χ1) is 8.29. The fourth-order valence-corrected chi connectivity index (χ4v) is 2.41. The van der Waals surface area contributed by atoms with Gasteiger partial charge in [-0.25, -0.2) is 0 Å². The first kappa shape index (κ1) is 12.7. The zero-order valence-corrected chi connectivity index (χ0v) is 12.3. The molecule has 0 saturated heterocycles. The average Bonchev–Trinajstić information content (AvgIpc) is 2.66. The van der Waals surface area contributed by atoms with Crippen LogP contribution in [0, 0.1) is 0 Å². The SMILES string of the molecule is C[SiH2]C.[Li][CH]1c2ccccc2-c2ccccc21. The number of benzene rings is 2. The third-order valence-electron chi connectivity index (χ3n) is 3.14. The Morgan fingerprint density at radius 2 is 1.18 bits per heavy atom. The molecule has 0 amide bonds. The summed E-state index contributed by atoms with van der Waals surface area (Å²) in [7, 11) is 0.417. The molecule has 17 heavy (non-hydrogen) atoms. The molecule has 0 bridgehead atoms. The monoisotopic (exact) mass is 232 g/mol. The predicted molar refractivity (Wildman–Crippen MR) is 79.7 cm³/mol. The summed E-state index contributed by atoms with van der Waals surface area (Å²) in [6.07, 6.45) is 0. The van der Waals surface area contributed by atoms with Crippen LogP contribution < -0.4 is 0 Å². The molecular weight excluding hydrogens is 215 g/mol. The van der Waals surface area contributed by atoms with Gasteiger partial charge in [0.1, 0.15) is 0 Å². The molecule has 2 heteroatoms. The van der Waals surface area contributed by atoms with Gasteiger partial charge >= 0.3 is 93.1 Å². The maximum atomic E-state index is 2.28. The third kappa shape index (κ3) is 2.42. The van der Waals surface area contributed by atoms with E-state index < -0.39 is 0 Å². The molecule has 0 radical (unpaired) electrons. The molecule has 1 aliphatic carbocycles. The van der Waals surface area contributed by atoms with Crippen molar-refractivity contribution in [1.29, 1.82) is 0 Å². The summed E-state index contributed by atoms with van der Waals surface area (Å²) in [4.78, 5) is 0. The summed E-state index contributed by atoms with van der Waals surface area (Å²) < 4.78 is 0.558. The van der Waals surface area contributed by atoms with Gasteiger partial charge in [-0.1, -0.05) is 13.1 Å². The topological polar surface area (TPSA) is 0 Å². The fraction of sp³-hybridized carbons (Fsp3) is 0.200. The van der Waals surface area contributed by atoms with E-state index in [2.05, 4.69) is 79.3 Å². The molecule has 0 nitrogen and oxygen atoms in total. The van der Waals surface area contributed by atoms with Gasteiger partial charge in [-0.2, -0.15) is 0 Å². The van der Waals surface area contributed by atoms with E-state index in [0.717, 1.165) is 0 Å². The molecule has 0 spiro atoms. The fourth-order valence-electron chi connectivity index (χ4n) is 2.41. The van der Waals surface area contributed by atoms with E-state index in [9.17, 15) is 0 Å². The second-order valence-electron chi connectivity index (χ2n) is 4.60. The van der Waals surface area contributed by atoms with Crippen molar-refractivity contribution in [2.24, 2.45) is 0 Å². The van der Waals surface area contributed by atoms with Crippen molar-refractivity contribution in [2.75, 3.05) is 0 Å². The molecule has 1 aliphatic rings. The van der Waals surface area contributed by atoms with E-state index in [0.29, 0.717) is 14.1 Å². The molecule has 0 unspecified atom stereocenters. The predicted octanol–water partition coefficient (Wildman–Crippen LogP) is 3.18. The van der Waals surface area contributed by atoms with Crippen molar-refractivity contribution >= 4 is 27.2 Å². The second kappa shape index (κ2) is 5.73. The second-order valence-corrected chi connectivity index (χ2v) is 6.02. The van der Waals surface area contributed by atoms with Crippen molar-refractivity contribution in [1.82, 2.24) is 0 Å². The Bertz CT molecular complexity index is 462. The van der Waals surface area contributed by atoms with Crippen molar-refractivity contribution in [2.45, 2.75) is 17.7 Å². The van der Waals surface area contributed by atoms with Crippen LogP contribution in [0.25, 0.3) is 11.1 Å². The van der Waals surface area contributed by atoms with E-state index in [4.69, 9.17) is 0 Å². The van der Waals surface area contributed by atoms with E-state index >= 15 is 0 Å². The number of hydrogen-bond donors (Lipinski definition) is 0. The number of fused-ring (bicyclic) bond motifs is 3. The van der Waals surface area contributed by atoms with Gasteiger partial charge in [0.05, 0.1) is 0 Å². The van der Waals surface area contributed by atoms with Gasteiger partial charge in [0.2, 0.25) is 0 Å². The van der Waals surface area contributed by atoms with Crippen LogP contribution in [-0.2, 0) is 0 Å². The zero-order valence-electron chi connectivity index (χ0n) is 10.9. The summed E-state index contributed by atoms with van der Waals surface area (Å²) in [6.45, 7) is 4.53. The van der Waals surface area contributed by atoms with E-state index in [1.165, 1.54) is 22.3 Å². The summed E-state index contributed by atoms with van der Waals surface area (Å²) in [5.41, 5.74) is 5.76. The first-order valence-electron chi connectivity index (χ1n) is 6.47. The average molecular weight is 232 g/mol. The maximum absolute atomic E-state index is 2.28. The van der Waals surface area contributed by atoms with Gasteiger partial charge in [0.25, 0.3) is 0 Å². The van der Waals surface area contributed by atoms with Crippen LogP contribution in [0.4, 0.5) is 0 Å². The molecule has 0 aromatic heterocycles. The van der Waals surface area contributed by atoms with Crippen molar-refractivity contribution in [3.8, 4) is 11.1 Å². The summed E-state index contributed by atoms with van der Waals surface area (Å²) >= 11 is 2.28. The molecule has 0 atom stereocenters. The van der Waals surface area contributed by atoms with E-state index in [1.54, 1.807) is 0 Å². The van der Waals surface area contributed by atoms with Gasteiger partial charge < -0.3 is 0 Å². The van der Waals surface area contributed by atoms with Gasteiger partial charge in [-0.05, 0) is 0 Å². The Kier molecular flexibility index (Phi) is 4.28. The van der Waals surface area contributed by atoms with Gasteiger partial charge in [0.15, 0.2) is 0 Å². The molecule has 3 rings (SSSR count). The van der Waals surface area contributed by atoms with Gasteiger partial charge in [0, 0.05) is 9.52 Å². The number of rotatable bonds is 0. The number of hydrogen-bond acceptors (Lipinski definition) is 0. The Labute approximate surface area is 115 Å². The minimum absolute atomic E-state index is 0.417. The quantitative estimate of drug-likeness (QED) is 0.612. The molecule has 0 saturated carbocycles. The molecule has 2 aromatic carbocycles. The van der Waals surface area contributed by atoms with Crippen LogP contribution in [0.3, 0.4) is 0 Å². The zero-order chi connectivity index (χ0) is 12.3. The Morgan fingerprint density at radius 1 is 0.824 bits per heavy atom. The Balaban J connectivity index is 0.000000329. The normalized spacial score (nSPS) is 12.5. The molecule has 0 fully saturated rings. The summed E-state index contributed by atoms with van der Waals surface area (Å²) in [5, 5.41) is 0. The van der Waals surface area contributed by atoms with Crippen molar-refractivity contribution < 1.29 is 0 Å². The van der Waals surface area contributed by atoms with Crippen LogP contribution in [0.1, 0.15) is 15.7 Å². The van der Waals surface area contributed by atoms with Crippen molar-refractivity contribution in [3.05, 3.63) is 59.7 Å². The standard InChI is InChI=1S/C13H9.C2H8Si.Li/c1-3-7-12-10(5-1)9-11-6-2-4-8-13(11)12;1-3-2;/h1-9H;3H2,1-2H3;. The Morgan fingerprint density at radius 3 is 1.59 bits per heavy atom. The molecule has 82 valence electrons. The Hall–Kier alpha value is -0.746. The molecule has 0 aliphatic heterocycles. The molecule has 2 aromatic rings. The summed E-state index contributed by atoms with van der Waals surface area (Å²) in [6, 6.07) is 17.4. The van der Waals surface area contributed by atoms with Crippen LogP contribution in [0.15, 0.2) is 48.5 Å². The molecule has 0 heterocycles. The van der Waals surface area contributed by atoms with Crippen LogP contribution >= 0.6 is 0 Å². The van der Waals surface area contributed by atoms with Crippen LogP contribution in [0.5, 0.6) is 0 Å². The molecule has 0 N–H and O–H groups in total. The van der Waals surface area contributed by atoms with Crippen LogP contribution in [-0.4, -0.2) is 27.2 Å². The van der Waals surface area contributed by atoms with Gasteiger partial charge in [-0.3, -0.25) is 0 Å². The third-order valence-corrected chi connectivity index (χ3v) is 3.14. The summed E-state index contributed by atoms with van der Waals surface area (Å²) in [5.74, 6) is 0. The van der Waals surface area contributed by atoms with E-state index in [1.807, 2.05) is 0 Å². The van der Waals surface area contributed by atoms with Crippen molar-refractivity contribution in [3.63, 3.8) is 0 Å². The first-order valence-corrected chi connectivity index (χ1v) is 9.30. The minimum atomic E-state index is 0.417. The molecular formula is C15H17LiSi. The van der Waals surface area contributed by atoms with Crippen LogP contribution in [0.2, 0.25) is 13.1 Å². The van der Waals surface area contributed by atoms with Gasteiger partial charge in [-0.15, -0.1) is 0 Å². The van der Waals surface area contributed by atoms with E-state index in [-0.39, 0.29) is 0 Å².